The minimum Gasteiger partial charge on any atom is -0.458 e. The van der Waals surface area contributed by atoms with Gasteiger partial charge >= 0.3 is 5.97 Å². The van der Waals surface area contributed by atoms with Gasteiger partial charge in [-0.25, -0.2) is 4.79 Å². The lowest BCUT2D eigenvalue weighted by molar-refractivity contribution is -0.0621. The van der Waals surface area contributed by atoms with E-state index < -0.39 is 5.97 Å². The van der Waals surface area contributed by atoms with E-state index in [-0.39, 0.29) is 12.7 Å². The van der Waals surface area contributed by atoms with Crippen molar-refractivity contribution in [3.05, 3.63) is 47.6 Å². The molecule has 8 unspecified atom stereocenters. The fourth-order valence-corrected chi connectivity index (χ4v) is 10.1. The van der Waals surface area contributed by atoms with E-state index in [9.17, 15) is 4.79 Å². The Labute approximate surface area is 261 Å². The molecule has 1 aromatic carbocycles. The smallest absolute Gasteiger partial charge is 0.338 e. The lowest BCUT2D eigenvalue weighted by Crippen LogP contribution is -2.51. The third-order valence-electron chi connectivity index (χ3n) is 12.4. The third-order valence-corrected chi connectivity index (χ3v) is 12.4. The summed E-state index contributed by atoms with van der Waals surface area (Å²) in [5.74, 6) is 4.80. The first kappa shape index (κ1) is 32.1. The number of rotatable bonds is 11. The summed E-state index contributed by atoms with van der Waals surface area (Å²) in [6.45, 7) is 13.3. The van der Waals surface area contributed by atoms with Crippen LogP contribution >= 0.6 is 0 Å². The van der Waals surface area contributed by atoms with Crippen molar-refractivity contribution < 1.29 is 14.3 Å². The number of allylic oxidation sites excluding steroid dienone is 1. The van der Waals surface area contributed by atoms with E-state index in [1.165, 1.54) is 57.8 Å². The van der Waals surface area contributed by atoms with Crippen LogP contribution in [0.1, 0.15) is 116 Å². The first-order chi connectivity index (χ1) is 20.5. The zero-order valence-electron chi connectivity index (χ0n) is 27.6. The monoisotopic (exact) mass is 590 g/mol. The molecule has 0 radical (unpaired) electrons. The van der Waals surface area contributed by atoms with E-state index in [1.807, 2.05) is 12.2 Å². The maximum absolute atomic E-state index is 12.3. The molecular formula is C38H58N2O3. The summed E-state index contributed by atoms with van der Waals surface area (Å²) in [4.78, 5) is 12.3. The van der Waals surface area contributed by atoms with E-state index in [4.69, 9.17) is 20.9 Å². The van der Waals surface area contributed by atoms with Gasteiger partial charge in [-0.1, -0.05) is 71.6 Å². The van der Waals surface area contributed by atoms with Crippen molar-refractivity contribution in [2.45, 2.75) is 111 Å². The second-order valence-electron chi connectivity index (χ2n) is 15.4. The molecule has 0 saturated heterocycles. The van der Waals surface area contributed by atoms with E-state index in [0.29, 0.717) is 34.4 Å². The minimum absolute atomic E-state index is 0.200. The Kier molecular flexibility index (Phi) is 10.0. The van der Waals surface area contributed by atoms with Gasteiger partial charge in [-0.3, -0.25) is 0 Å². The van der Waals surface area contributed by atoms with Crippen molar-refractivity contribution >= 4 is 17.3 Å². The van der Waals surface area contributed by atoms with E-state index >= 15 is 0 Å². The highest BCUT2D eigenvalue weighted by atomic mass is 16.5. The Balaban J connectivity index is 1.11. The molecule has 0 amide bonds. The fraction of sp³-hybridized carbons (Fsp3) is 0.711. The standard InChI is InChI=1S/C38H58N2O3/c1-25(2)9-8-10-26(3)33-13-14-34-32-12-11-28-23-31(15-17-37(28,4)35(32)16-18-38(33,34)5)42-19-6-7-20-43-36(41)27-21-29(39)24-30(40)22-27/h6-7,11,21-22,24-26,31-35H,8-10,12-20,23,39-40H2,1-5H3/b7-6+. The molecule has 3 fully saturated rings. The van der Waals surface area contributed by atoms with Crippen molar-refractivity contribution in [2.75, 3.05) is 24.7 Å². The van der Waals surface area contributed by atoms with Gasteiger partial charge in [0.05, 0.1) is 18.3 Å². The molecular weight excluding hydrogens is 532 g/mol. The Hall–Kier alpha value is -2.27. The molecule has 5 rings (SSSR count). The van der Waals surface area contributed by atoms with Gasteiger partial charge in [0.15, 0.2) is 0 Å². The molecule has 1 aromatic rings. The van der Waals surface area contributed by atoms with Crippen LogP contribution in [0.2, 0.25) is 0 Å². The van der Waals surface area contributed by atoms with E-state index in [0.717, 1.165) is 48.3 Å². The first-order valence-electron chi connectivity index (χ1n) is 17.3. The van der Waals surface area contributed by atoms with Gasteiger partial charge in [0.2, 0.25) is 0 Å². The van der Waals surface area contributed by atoms with Crippen LogP contribution in [0.25, 0.3) is 0 Å². The van der Waals surface area contributed by atoms with E-state index in [1.54, 1.807) is 23.8 Å². The molecule has 5 nitrogen and oxygen atoms in total. The quantitative estimate of drug-likeness (QED) is 0.153. The Morgan fingerprint density at radius 3 is 2.44 bits per heavy atom. The summed E-state index contributed by atoms with van der Waals surface area (Å²) < 4.78 is 11.7. The number of anilines is 2. The molecule has 43 heavy (non-hydrogen) atoms. The largest absolute Gasteiger partial charge is 0.458 e. The van der Waals surface area contributed by atoms with Crippen LogP contribution in [0, 0.1) is 46.3 Å². The molecule has 4 aliphatic carbocycles. The summed E-state index contributed by atoms with van der Waals surface area (Å²) in [5.41, 5.74) is 15.4. The van der Waals surface area contributed by atoms with Gasteiger partial charge in [-0.2, -0.15) is 0 Å². The molecule has 0 bridgehead atoms. The Morgan fingerprint density at radius 2 is 1.70 bits per heavy atom. The molecule has 3 saturated carbocycles. The van der Waals surface area contributed by atoms with Gasteiger partial charge in [0, 0.05) is 11.4 Å². The molecule has 0 aliphatic heterocycles. The lowest BCUT2D eigenvalue weighted by Gasteiger charge is -2.58. The number of nitrogen functional groups attached to an aromatic ring is 2. The Morgan fingerprint density at radius 1 is 0.953 bits per heavy atom. The summed E-state index contributed by atoms with van der Waals surface area (Å²) >= 11 is 0. The average molecular weight is 591 g/mol. The molecule has 4 aliphatic rings. The minimum atomic E-state index is -0.425. The van der Waals surface area contributed by atoms with Crippen molar-refractivity contribution in [3.63, 3.8) is 0 Å². The number of fused-ring (bicyclic) bond motifs is 5. The number of benzene rings is 1. The number of carbonyl (C=O) groups excluding carboxylic acids is 1. The maximum Gasteiger partial charge on any atom is 0.338 e. The van der Waals surface area contributed by atoms with Gasteiger partial charge < -0.3 is 20.9 Å². The average Bonchev–Trinajstić information content (AvgIpc) is 3.31. The van der Waals surface area contributed by atoms with Crippen molar-refractivity contribution in [3.8, 4) is 0 Å². The van der Waals surface area contributed by atoms with Crippen molar-refractivity contribution in [1.29, 1.82) is 0 Å². The summed E-state index contributed by atoms with van der Waals surface area (Å²) in [7, 11) is 0. The SMILES string of the molecule is CC(C)CCCC(C)C1CCC2C3CC=C4CC(OC/C=C/COC(=O)c5cc(N)cc(N)c5)CCC4(C)C3CCC12C. The number of hydrogen-bond donors (Lipinski definition) is 2. The zero-order chi connectivity index (χ0) is 30.8. The molecule has 0 heterocycles. The van der Waals surface area contributed by atoms with Crippen LogP contribution in [-0.2, 0) is 9.47 Å². The fourth-order valence-electron chi connectivity index (χ4n) is 10.1. The number of nitrogens with two attached hydrogens (primary N) is 2. The van der Waals surface area contributed by atoms with Crippen LogP contribution in [0.3, 0.4) is 0 Å². The van der Waals surface area contributed by atoms with Crippen molar-refractivity contribution in [2.24, 2.45) is 46.3 Å². The summed E-state index contributed by atoms with van der Waals surface area (Å²) in [5, 5.41) is 0. The molecule has 238 valence electrons. The highest BCUT2D eigenvalue weighted by molar-refractivity contribution is 5.91. The van der Waals surface area contributed by atoms with Crippen LogP contribution in [0.15, 0.2) is 42.0 Å². The van der Waals surface area contributed by atoms with Crippen LogP contribution < -0.4 is 11.5 Å². The highest BCUT2D eigenvalue weighted by Crippen LogP contribution is 2.67. The zero-order valence-corrected chi connectivity index (χ0v) is 27.6. The van der Waals surface area contributed by atoms with Gasteiger partial charge in [-0.15, -0.1) is 0 Å². The lowest BCUT2D eigenvalue weighted by atomic mass is 9.47. The predicted molar refractivity (Wildman–Crippen MR) is 177 cm³/mol. The topological polar surface area (TPSA) is 87.6 Å². The first-order valence-corrected chi connectivity index (χ1v) is 17.3. The van der Waals surface area contributed by atoms with Crippen LogP contribution in [0.4, 0.5) is 11.4 Å². The molecule has 0 spiro atoms. The highest BCUT2D eigenvalue weighted by Gasteiger charge is 2.59. The molecule has 0 aromatic heterocycles. The number of carbonyl (C=O) groups is 1. The molecule has 4 N–H and O–H groups in total. The second-order valence-corrected chi connectivity index (χ2v) is 15.4. The number of esters is 1. The van der Waals surface area contributed by atoms with Crippen molar-refractivity contribution in [1.82, 2.24) is 0 Å². The molecule has 8 atom stereocenters. The van der Waals surface area contributed by atoms with E-state index in [2.05, 4.69) is 40.7 Å². The Bertz CT molecular complexity index is 1170. The molecule has 5 heteroatoms. The van der Waals surface area contributed by atoms with Crippen LogP contribution in [-0.4, -0.2) is 25.3 Å². The predicted octanol–water partition coefficient (Wildman–Crippen LogP) is 8.99. The second kappa shape index (κ2) is 13.4. The normalized spacial score (nSPS) is 34.4. The summed E-state index contributed by atoms with van der Waals surface area (Å²) in [6, 6.07) is 4.78. The summed E-state index contributed by atoms with van der Waals surface area (Å²) in [6.07, 6.45) is 21.4. The number of hydrogen-bond acceptors (Lipinski definition) is 5. The van der Waals surface area contributed by atoms with Gasteiger partial charge in [0.1, 0.15) is 6.61 Å². The number of ether oxygens (including phenoxy) is 2. The third kappa shape index (κ3) is 6.87. The van der Waals surface area contributed by atoms with Gasteiger partial charge in [0.25, 0.3) is 0 Å². The van der Waals surface area contributed by atoms with Gasteiger partial charge in [-0.05, 0) is 122 Å². The van der Waals surface area contributed by atoms with Crippen LogP contribution in [0.5, 0.6) is 0 Å². The maximum atomic E-state index is 12.3.